The lowest BCUT2D eigenvalue weighted by molar-refractivity contribution is -0.147. The van der Waals surface area contributed by atoms with Crippen molar-refractivity contribution in [2.24, 2.45) is 0 Å². The fourth-order valence-electron chi connectivity index (χ4n) is 5.13. The zero-order chi connectivity index (χ0) is 26.3. The highest BCUT2D eigenvalue weighted by atomic mass is 32.1. The van der Waals surface area contributed by atoms with Crippen molar-refractivity contribution in [3.63, 3.8) is 0 Å². The lowest BCUT2D eigenvalue weighted by Crippen LogP contribution is -2.42. The number of thiophene rings is 1. The molecule has 0 spiro atoms. The Bertz CT molecular complexity index is 1290. The van der Waals surface area contributed by atoms with Crippen LogP contribution in [0.3, 0.4) is 0 Å². The van der Waals surface area contributed by atoms with E-state index in [1.165, 1.54) is 11.8 Å². The van der Waals surface area contributed by atoms with Crippen LogP contribution in [0, 0.1) is 0 Å². The molecule has 1 atom stereocenters. The normalized spacial score (nSPS) is 18.1. The largest absolute Gasteiger partial charge is 0.451 e. The van der Waals surface area contributed by atoms with Gasteiger partial charge in [0.15, 0.2) is 5.82 Å². The van der Waals surface area contributed by atoms with Crippen LogP contribution >= 0.6 is 11.3 Å². The van der Waals surface area contributed by atoms with E-state index in [0.29, 0.717) is 31.4 Å². The second kappa shape index (κ2) is 10.0. The van der Waals surface area contributed by atoms with E-state index < -0.39 is 12.0 Å². The average molecular weight is 539 g/mol. The maximum Gasteiger partial charge on any atom is 0.451 e. The Morgan fingerprint density at radius 3 is 2.73 bits per heavy atom. The van der Waals surface area contributed by atoms with Crippen LogP contribution in [0.2, 0.25) is 0 Å². The van der Waals surface area contributed by atoms with Crippen molar-refractivity contribution in [2.45, 2.75) is 58.4 Å². The number of rotatable bonds is 7. The minimum Gasteiger partial charge on any atom is -0.395 e. The molecule has 1 fully saturated rings. The highest BCUT2D eigenvalue weighted by molar-refractivity contribution is 7.18. The van der Waals surface area contributed by atoms with Gasteiger partial charge >= 0.3 is 6.18 Å². The molecule has 2 aliphatic heterocycles. The quantitative estimate of drug-likeness (QED) is 0.490. The molecule has 1 saturated heterocycles. The van der Waals surface area contributed by atoms with Gasteiger partial charge in [-0.15, -0.1) is 21.5 Å². The molecule has 5 heterocycles. The van der Waals surface area contributed by atoms with Gasteiger partial charge in [0, 0.05) is 44.5 Å². The lowest BCUT2D eigenvalue weighted by atomic mass is 10.2. The van der Waals surface area contributed by atoms with Crippen molar-refractivity contribution in [3.8, 4) is 0 Å². The van der Waals surface area contributed by atoms with Crippen molar-refractivity contribution in [1.29, 1.82) is 0 Å². The highest BCUT2D eigenvalue weighted by Gasteiger charge is 2.40. The van der Waals surface area contributed by atoms with E-state index in [1.807, 2.05) is 9.80 Å². The Morgan fingerprint density at radius 2 is 2.03 bits per heavy atom. The maximum atomic E-state index is 13.3. The number of carbonyl (C=O) groups is 1. The number of nitrogens with zero attached hydrogens (tertiary/aromatic N) is 8. The van der Waals surface area contributed by atoms with Gasteiger partial charge in [0.2, 0.25) is 17.7 Å². The molecule has 0 saturated carbocycles. The number of aryl methyl sites for hydroxylation is 1. The number of hydrogen-bond donors (Lipinski definition) is 1. The number of alkyl halides is 3. The van der Waals surface area contributed by atoms with Crippen LogP contribution in [0.4, 0.5) is 24.9 Å². The van der Waals surface area contributed by atoms with Crippen molar-refractivity contribution in [3.05, 3.63) is 22.6 Å². The van der Waals surface area contributed by atoms with E-state index in [1.54, 1.807) is 16.2 Å². The van der Waals surface area contributed by atoms with E-state index in [9.17, 15) is 23.1 Å². The Labute approximate surface area is 215 Å². The first kappa shape index (κ1) is 25.6. The van der Waals surface area contributed by atoms with Gasteiger partial charge in [0.05, 0.1) is 24.6 Å². The minimum atomic E-state index is -4.55. The molecule has 3 aromatic heterocycles. The number of carbonyl (C=O) groups excluding carboxylic acids is 1. The third kappa shape index (κ3) is 4.96. The molecule has 3 aromatic rings. The number of hydrogen-bond acceptors (Lipinski definition) is 9. The molecular weight excluding hydrogens is 509 g/mol. The first-order valence-electron chi connectivity index (χ1n) is 12.4. The van der Waals surface area contributed by atoms with Gasteiger partial charge in [-0.2, -0.15) is 18.2 Å². The summed E-state index contributed by atoms with van der Waals surface area (Å²) in [6.07, 6.45) is -1.94. The fraction of sp³-hybridized carbons (Fsp3) is 0.609. The van der Waals surface area contributed by atoms with Crippen molar-refractivity contribution in [1.82, 2.24) is 29.6 Å². The third-order valence-electron chi connectivity index (χ3n) is 6.85. The van der Waals surface area contributed by atoms with Crippen molar-refractivity contribution in [2.75, 3.05) is 42.6 Å². The van der Waals surface area contributed by atoms with E-state index in [4.69, 9.17) is 9.97 Å². The number of aliphatic hydroxyl groups is 1. The molecule has 5 rings (SSSR count). The van der Waals surface area contributed by atoms with Crippen LogP contribution in [0.25, 0.3) is 10.2 Å². The molecule has 37 heavy (non-hydrogen) atoms. The third-order valence-corrected chi connectivity index (χ3v) is 7.94. The first-order valence-corrected chi connectivity index (χ1v) is 13.2. The lowest BCUT2D eigenvalue weighted by Gasteiger charge is -2.30. The van der Waals surface area contributed by atoms with Gasteiger partial charge in [-0.25, -0.2) is 4.98 Å². The summed E-state index contributed by atoms with van der Waals surface area (Å²) in [5.74, 6) is 0.390. The van der Waals surface area contributed by atoms with Crippen LogP contribution < -0.4 is 9.80 Å². The topological polar surface area (TPSA) is 104 Å². The van der Waals surface area contributed by atoms with Crippen molar-refractivity contribution < 1.29 is 23.1 Å². The van der Waals surface area contributed by atoms with Crippen molar-refractivity contribution >= 4 is 39.2 Å². The monoisotopic (exact) mass is 538 g/mol. The van der Waals surface area contributed by atoms with Crippen LogP contribution in [0.15, 0.2) is 6.07 Å². The molecular formula is C23H29F3N8O2S. The maximum absolute atomic E-state index is 13.3. The van der Waals surface area contributed by atoms with E-state index >= 15 is 0 Å². The zero-order valence-electron chi connectivity index (χ0n) is 20.7. The van der Waals surface area contributed by atoms with E-state index in [2.05, 4.69) is 23.2 Å². The van der Waals surface area contributed by atoms with Gasteiger partial charge in [-0.3, -0.25) is 4.79 Å². The number of amides is 1. The van der Waals surface area contributed by atoms with E-state index in [-0.39, 0.29) is 44.0 Å². The summed E-state index contributed by atoms with van der Waals surface area (Å²) in [5.41, 5.74) is 0. The first-order chi connectivity index (χ1) is 17.7. The van der Waals surface area contributed by atoms with Crippen LogP contribution in [-0.4, -0.2) is 79.5 Å². The minimum absolute atomic E-state index is 0.0549. The van der Waals surface area contributed by atoms with Gasteiger partial charge in [-0.05, 0) is 18.9 Å². The van der Waals surface area contributed by atoms with E-state index in [0.717, 1.165) is 34.0 Å². The predicted molar refractivity (Wildman–Crippen MR) is 133 cm³/mol. The second-order valence-electron chi connectivity index (χ2n) is 9.36. The van der Waals surface area contributed by atoms with Crippen LogP contribution in [-0.2, 0) is 30.5 Å². The number of aromatic nitrogens is 5. The summed E-state index contributed by atoms with van der Waals surface area (Å²) in [4.78, 5) is 29.5. The molecule has 0 aromatic carbocycles. The summed E-state index contributed by atoms with van der Waals surface area (Å²) in [5, 5.41) is 17.5. The molecule has 1 N–H and O–H groups in total. The molecule has 0 aliphatic carbocycles. The summed E-state index contributed by atoms with van der Waals surface area (Å²) < 4.78 is 41.1. The highest BCUT2D eigenvalue weighted by Crippen LogP contribution is 2.36. The second-order valence-corrected chi connectivity index (χ2v) is 10.5. The molecule has 2 aliphatic rings. The average Bonchev–Trinajstić information content (AvgIpc) is 3.58. The summed E-state index contributed by atoms with van der Waals surface area (Å²) >= 11 is 1.60. The molecule has 10 nitrogen and oxygen atoms in total. The molecule has 1 amide bonds. The Balaban J connectivity index is 1.48. The van der Waals surface area contributed by atoms with Gasteiger partial charge < -0.3 is 24.4 Å². The molecule has 0 bridgehead atoms. The SMILES string of the molecule is CCCc1cc2c(N3CCn4c(nnc4C(F)(F)F)C3)nc(N3CC[C@H](N(CCO)C(C)=O)C3)nc2s1. The predicted octanol–water partition coefficient (Wildman–Crippen LogP) is 2.69. The Kier molecular flexibility index (Phi) is 6.96. The van der Waals surface area contributed by atoms with Gasteiger partial charge in [0.1, 0.15) is 10.6 Å². The number of aliphatic hydroxyl groups excluding tert-OH is 1. The fourth-order valence-corrected chi connectivity index (χ4v) is 6.25. The summed E-state index contributed by atoms with van der Waals surface area (Å²) in [6.45, 7) is 5.56. The number of halogens is 3. The van der Waals surface area contributed by atoms with Crippen LogP contribution in [0.1, 0.15) is 43.2 Å². The Hall–Kier alpha value is -3.00. The number of anilines is 2. The molecule has 200 valence electrons. The Morgan fingerprint density at radius 1 is 1.22 bits per heavy atom. The molecule has 0 radical (unpaired) electrons. The summed E-state index contributed by atoms with van der Waals surface area (Å²) in [7, 11) is 0. The van der Waals surface area contributed by atoms with Gasteiger partial charge in [0.25, 0.3) is 0 Å². The van der Waals surface area contributed by atoms with Gasteiger partial charge in [-0.1, -0.05) is 13.3 Å². The number of fused-ring (bicyclic) bond motifs is 2. The molecule has 14 heteroatoms. The van der Waals surface area contributed by atoms with Crippen LogP contribution in [0.5, 0.6) is 0 Å². The summed E-state index contributed by atoms with van der Waals surface area (Å²) in [6, 6.07) is 2.02. The standard InChI is InChI=1S/C23H29F3N8O2S/c1-3-4-16-11-17-19(31-7-8-34-18(13-31)29-30-21(34)23(24,25)26)27-22(28-20(17)37-16)32-6-5-15(12-32)33(9-10-35)14(2)36/h11,15,35H,3-10,12-13H2,1-2H3/t15-/m0/s1. The zero-order valence-corrected chi connectivity index (χ0v) is 21.5. The smallest absolute Gasteiger partial charge is 0.395 e. The molecule has 0 unspecified atom stereocenters.